The van der Waals surface area contributed by atoms with Crippen LogP contribution < -0.4 is 20.0 Å². The second kappa shape index (κ2) is 23.6. The fraction of sp³-hybridized carbons (Fsp3) is 0.0882. The average molecular weight is 935 g/mol. The van der Waals surface area contributed by atoms with Crippen LogP contribution in [0.2, 0.25) is 0 Å². The van der Waals surface area contributed by atoms with E-state index in [2.05, 4.69) is 258 Å². The molecule has 0 aliphatic heterocycles. The lowest BCUT2D eigenvalue weighted by molar-refractivity contribution is 0.761. The van der Waals surface area contributed by atoms with E-state index in [1.807, 2.05) is 61.5 Å². The third-order valence-electron chi connectivity index (χ3n) is 12.9. The van der Waals surface area contributed by atoms with Gasteiger partial charge >= 0.3 is 0 Å². The van der Waals surface area contributed by atoms with Gasteiger partial charge in [-0.2, -0.15) is 0 Å². The van der Waals surface area contributed by atoms with Gasteiger partial charge in [-0.05, 0) is 158 Å². The third-order valence-corrected chi connectivity index (χ3v) is 12.9. The largest absolute Gasteiger partial charge is 0.356 e. The Hall–Kier alpha value is -8.86. The van der Waals surface area contributed by atoms with E-state index in [0.717, 1.165) is 57.7 Å². The fourth-order valence-electron chi connectivity index (χ4n) is 9.07. The van der Waals surface area contributed by atoms with Crippen molar-refractivity contribution >= 4 is 39.8 Å². The first-order valence-electron chi connectivity index (χ1n) is 24.8. The van der Waals surface area contributed by atoms with Gasteiger partial charge < -0.3 is 20.0 Å². The molecule has 0 bridgehead atoms. The molecule has 0 heterocycles. The van der Waals surface area contributed by atoms with Crippen molar-refractivity contribution in [2.45, 2.75) is 25.8 Å². The van der Waals surface area contributed by atoms with Crippen LogP contribution in [0.15, 0.2) is 321 Å². The third kappa shape index (κ3) is 12.5. The molecular weight excluding hydrogens is 873 g/mol. The quantitative estimate of drug-likeness (QED) is 0.0919. The Balaban J connectivity index is 0.000000180. The minimum absolute atomic E-state index is 0.178. The van der Waals surface area contributed by atoms with Crippen LogP contribution in [0.25, 0.3) is 11.1 Å². The molecule has 3 atom stereocenters. The predicted octanol–water partition coefficient (Wildman–Crippen LogP) is 18.2. The molecule has 354 valence electrons. The Labute approximate surface area is 427 Å². The van der Waals surface area contributed by atoms with Gasteiger partial charge in [-0.15, -0.1) is 0 Å². The molecule has 7 aromatic carbocycles. The number of benzene rings is 7. The normalized spacial score (nSPS) is 16.6. The molecule has 3 unspecified atom stereocenters. The van der Waals surface area contributed by atoms with Crippen molar-refractivity contribution in [3.63, 3.8) is 0 Å². The van der Waals surface area contributed by atoms with Crippen LogP contribution in [0.4, 0.5) is 39.8 Å². The molecule has 3 aliphatic rings. The van der Waals surface area contributed by atoms with E-state index in [4.69, 9.17) is 0 Å². The van der Waals surface area contributed by atoms with E-state index in [1.165, 1.54) is 40.2 Å². The van der Waals surface area contributed by atoms with Crippen LogP contribution in [0, 0.1) is 11.8 Å². The molecule has 0 saturated heterocycles. The number of allylic oxidation sites excluding steroid dienone is 12. The summed E-state index contributed by atoms with van der Waals surface area (Å²) in [6.45, 7) is 14.4. The molecule has 0 spiro atoms. The molecule has 4 nitrogen and oxygen atoms in total. The van der Waals surface area contributed by atoms with Crippen molar-refractivity contribution in [2.24, 2.45) is 11.8 Å². The van der Waals surface area contributed by atoms with Crippen molar-refractivity contribution < 1.29 is 0 Å². The lowest BCUT2D eigenvalue weighted by atomic mass is 9.99. The first kappa shape index (κ1) is 48.2. The number of nitrogens with zero attached hydrogens (tertiary/aromatic N) is 3. The smallest absolute Gasteiger partial charge is 0.0560 e. The highest BCUT2D eigenvalue weighted by Gasteiger charge is 2.36. The van der Waals surface area contributed by atoms with E-state index < -0.39 is 0 Å². The number of nitrogens with one attached hydrogen (secondary N) is 1. The summed E-state index contributed by atoms with van der Waals surface area (Å²) in [6.07, 6.45) is 28.3. The second-order valence-electron chi connectivity index (χ2n) is 18.2. The first-order chi connectivity index (χ1) is 35.4. The van der Waals surface area contributed by atoms with Gasteiger partial charge in [0.1, 0.15) is 0 Å². The zero-order chi connectivity index (χ0) is 49.5. The maximum Gasteiger partial charge on any atom is 0.0560 e. The summed E-state index contributed by atoms with van der Waals surface area (Å²) in [6, 6.07) is 69.7. The zero-order valence-electron chi connectivity index (χ0n) is 41.1. The maximum atomic E-state index is 4.35. The Kier molecular flexibility index (Phi) is 15.8. The topological polar surface area (TPSA) is 21.8 Å². The molecule has 1 saturated carbocycles. The van der Waals surface area contributed by atoms with Gasteiger partial charge in [-0.1, -0.05) is 189 Å². The standard InChI is InChI=1S/C37H36N2.C31H26N2/c1-5-33(39(35-19-11-7-12-20-35)36-21-13-8-14-22-36)23-15-16-32-26-28-37(29-27-32)38(31(4)25-24-30(2)3)34-17-9-6-10-18-34;1-3-7-27(8-4-1)32-28-16-11-23(12-17-28)24-13-18-30(19-14-24)33(29-9-5-2-6-10-29)31-20-15-25-21-26(25)22-31/h5-28,37H,1-2,4,29H2,3H3;1-20,22,25-26,32H,21H2/b16-15+,25-24-,33-23+;. The Morgan fingerprint density at radius 2 is 1.08 bits per heavy atom. The number of hydrogen-bond acceptors (Lipinski definition) is 4. The predicted molar refractivity (Wildman–Crippen MR) is 309 cm³/mol. The molecule has 0 amide bonds. The minimum Gasteiger partial charge on any atom is -0.356 e. The van der Waals surface area contributed by atoms with E-state index in [-0.39, 0.29) is 6.04 Å². The summed E-state index contributed by atoms with van der Waals surface area (Å²) >= 11 is 0. The van der Waals surface area contributed by atoms with Crippen LogP contribution in [-0.4, -0.2) is 6.04 Å². The number of para-hydroxylation sites is 5. The Morgan fingerprint density at radius 3 is 1.62 bits per heavy atom. The van der Waals surface area contributed by atoms with E-state index >= 15 is 0 Å². The van der Waals surface area contributed by atoms with Crippen molar-refractivity contribution in [3.8, 4) is 11.1 Å². The minimum atomic E-state index is 0.178. The first-order valence-corrected chi connectivity index (χ1v) is 24.8. The highest BCUT2D eigenvalue weighted by atomic mass is 15.2. The fourth-order valence-corrected chi connectivity index (χ4v) is 9.07. The zero-order valence-corrected chi connectivity index (χ0v) is 41.1. The number of anilines is 7. The Bertz CT molecular complexity index is 3100. The SMILES string of the molecule is C1=CC2CC2C=C1N(c1ccccc1)c1ccc(-c2ccc(Nc3ccccc3)cc2)cc1.C=C/C(=C\C=C\C1=CCC(N(C(=C)/C=C\C(=C)C)c2ccccc2)C=C1)N(c1ccccc1)c1ccccc1. The molecule has 10 rings (SSSR count). The van der Waals surface area contributed by atoms with Crippen LogP contribution >= 0.6 is 0 Å². The van der Waals surface area contributed by atoms with Crippen LogP contribution in [-0.2, 0) is 0 Å². The molecule has 0 radical (unpaired) electrons. The van der Waals surface area contributed by atoms with Crippen molar-refractivity contribution in [1.82, 2.24) is 0 Å². The molecular formula is C68H62N4. The number of fused-ring (bicyclic) bond motifs is 1. The maximum absolute atomic E-state index is 4.35. The highest BCUT2D eigenvalue weighted by molar-refractivity contribution is 5.75. The lowest BCUT2D eigenvalue weighted by Gasteiger charge is -2.33. The van der Waals surface area contributed by atoms with Gasteiger partial charge in [0.05, 0.1) is 6.04 Å². The molecule has 4 heteroatoms. The van der Waals surface area contributed by atoms with Gasteiger partial charge in [0.15, 0.2) is 0 Å². The van der Waals surface area contributed by atoms with Gasteiger partial charge in [-0.3, -0.25) is 0 Å². The van der Waals surface area contributed by atoms with Crippen molar-refractivity contribution in [3.05, 3.63) is 321 Å². The molecule has 1 fully saturated rings. The molecule has 3 aliphatic carbocycles. The van der Waals surface area contributed by atoms with Gasteiger partial charge in [0, 0.05) is 56.9 Å². The summed E-state index contributed by atoms with van der Waals surface area (Å²) in [7, 11) is 0. The van der Waals surface area contributed by atoms with E-state index in [1.54, 1.807) is 0 Å². The van der Waals surface area contributed by atoms with Crippen molar-refractivity contribution in [1.29, 1.82) is 0 Å². The summed E-state index contributed by atoms with van der Waals surface area (Å²) in [4.78, 5) is 6.85. The van der Waals surface area contributed by atoms with Gasteiger partial charge in [-0.25, -0.2) is 0 Å². The monoisotopic (exact) mass is 934 g/mol. The summed E-state index contributed by atoms with van der Waals surface area (Å²) in [5.41, 5.74) is 15.7. The summed E-state index contributed by atoms with van der Waals surface area (Å²) < 4.78 is 0. The van der Waals surface area contributed by atoms with Crippen LogP contribution in [0.1, 0.15) is 19.8 Å². The van der Waals surface area contributed by atoms with Crippen molar-refractivity contribution in [2.75, 3.05) is 20.0 Å². The van der Waals surface area contributed by atoms with Gasteiger partial charge in [0.2, 0.25) is 0 Å². The lowest BCUT2D eigenvalue weighted by Crippen LogP contribution is -2.32. The summed E-state index contributed by atoms with van der Waals surface area (Å²) in [5, 5.41) is 3.45. The second-order valence-corrected chi connectivity index (χ2v) is 18.2. The van der Waals surface area contributed by atoms with Gasteiger partial charge in [0.25, 0.3) is 0 Å². The molecule has 0 aromatic heterocycles. The number of rotatable bonds is 17. The number of hydrogen-bond donors (Lipinski definition) is 1. The molecule has 7 aromatic rings. The van der Waals surface area contributed by atoms with Crippen LogP contribution in [0.5, 0.6) is 0 Å². The van der Waals surface area contributed by atoms with E-state index in [9.17, 15) is 0 Å². The average Bonchev–Trinajstić information content (AvgIpc) is 4.22. The molecule has 1 N–H and O–H groups in total. The van der Waals surface area contributed by atoms with Crippen LogP contribution in [0.3, 0.4) is 0 Å². The Morgan fingerprint density at radius 1 is 0.556 bits per heavy atom. The molecule has 72 heavy (non-hydrogen) atoms. The summed E-state index contributed by atoms with van der Waals surface area (Å²) in [5.74, 6) is 1.46. The van der Waals surface area contributed by atoms with E-state index in [0.29, 0.717) is 5.92 Å². The highest BCUT2D eigenvalue weighted by Crippen LogP contribution is 2.46.